The average Bonchev–Trinajstić information content (AvgIpc) is 2.99. The van der Waals surface area contributed by atoms with E-state index in [-0.39, 0.29) is 30.4 Å². The van der Waals surface area contributed by atoms with E-state index in [1.807, 2.05) is 0 Å². The Hall–Kier alpha value is -3.43. The molecule has 2 aliphatic heterocycles. The van der Waals surface area contributed by atoms with Crippen LogP contribution in [0.3, 0.4) is 0 Å². The predicted molar refractivity (Wildman–Crippen MR) is 106 cm³/mol. The summed E-state index contributed by atoms with van der Waals surface area (Å²) in [6.07, 6.45) is 0.888. The standard InChI is InChI=1S/C23H20N2O4/c26-18-11-14-24(15-12-18)21(27)17-9-7-16(8-10-17)4-3-13-25-22(28)19-5-1-2-6-20(19)23(25)29/h1-2,5-10,18,26H,11-15H2. The number of carbonyl (C=O) groups excluding carboxylic acids is 3. The molecule has 2 aromatic carbocycles. The molecule has 0 unspecified atom stereocenters. The van der Waals surface area contributed by atoms with Crippen LogP contribution in [0.15, 0.2) is 48.5 Å². The van der Waals surface area contributed by atoms with E-state index < -0.39 is 0 Å². The molecule has 1 saturated heterocycles. The zero-order valence-electron chi connectivity index (χ0n) is 15.8. The van der Waals surface area contributed by atoms with Crippen LogP contribution in [0.1, 0.15) is 49.5 Å². The molecule has 1 fully saturated rings. The number of nitrogens with zero attached hydrogens (tertiary/aromatic N) is 2. The smallest absolute Gasteiger partial charge is 0.262 e. The summed E-state index contributed by atoms with van der Waals surface area (Å²) in [6, 6.07) is 13.7. The maximum atomic E-state index is 12.5. The number of aliphatic hydroxyl groups is 1. The quantitative estimate of drug-likeness (QED) is 0.630. The van der Waals surface area contributed by atoms with Crippen molar-refractivity contribution in [3.63, 3.8) is 0 Å². The Morgan fingerprint density at radius 2 is 1.55 bits per heavy atom. The molecule has 2 aromatic rings. The second-order valence-electron chi connectivity index (χ2n) is 7.14. The molecule has 3 amide bonds. The van der Waals surface area contributed by atoms with Crippen LogP contribution in [-0.4, -0.2) is 58.4 Å². The van der Waals surface area contributed by atoms with E-state index in [1.54, 1.807) is 53.4 Å². The Morgan fingerprint density at radius 3 is 2.14 bits per heavy atom. The summed E-state index contributed by atoms with van der Waals surface area (Å²) in [5.74, 6) is 5.10. The minimum absolute atomic E-state index is 0.0170. The molecule has 0 spiro atoms. The van der Waals surface area contributed by atoms with Crippen LogP contribution in [-0.2, 0) is 0 Å². The van der Waals surface area contributed by atoms with Gasteiger partial charge in [-0.2, -0.15) is 0 Å². The van der Waals surface area contributed by atoms with Gasteiger partial charge in [-0.25, -0.2) is 0 Å². The van der Waals surface area contributed by atoms with Gasteiger partial charge in [0.25, 0.3) is 17.7 Å². The van der Waals surface area contributed by atoms with Crippen molar-refractivity contribution in [2.75, 3.05) is 19.6 Å². The van der Waals surface area contributed by atoms with Crippen LogP contribution in [0.2, 0.25) is 0 Å². The van der Waals surface area contributed by atoms with Gasteiger partial charge in [0.1, 0.15) is 0 Å². The summed E-state index contributed by atoms with van der Waals surface area (Å²) in [5.41, 5.74) is 2.10. The fourth-order valence-electron chi connectivity index (χ4n) is 3.55. The van der Waals surface area contributed by atoms with Gasteiger partial charge in [0.05, 0.1) is 23.8 Å². The van der Waals surface area contributed by atoms with Crippen molar-refractivity contribution in [3.8, 4) is 11.8 Å². The van der Waals surface area contributed by atoms with Crippen LogP contribution in [0.25, 0.3) is 0 Å². The fourth-order valence-corrected chi connectivity index (χ4v) is 3.55. The van der Waals surface area contributed by atoms with Gasteiger partial charge in [-0.1, -0.05) is 24.0 Å². The zero-order chi connectivity index (χ0) is 20.4. The number of benzene rings is 2. The molecule has 29 heavy (non-hydrogen) atoms. The number of hydrogen-bond donors (Lipinski definition) is 1. The molecule has 0 saturated carbocycles. The van der Waals surface area contributed by atoms with E-state index in [4.69, 9.17) is 0 Å². The van der Waals surface area contributed by atoms with Gasteiger partial charge in [0.15, 0.2) is 0 Å². The maximum absolute atomic E-state index is 12.5. The summed E-state index contributed by atoms with van der Waals surface area (Å²) in [5, 5.41) is 9.56. The largest absolute Gasteiger partial charge is 0.393 e. The van der Waals surface area contributed by atoms with Crippen LogP contribution in [0.4, 0.5) is 0 Å². The van der Waals surface area contributed by atoms with Crippen molar-refractivity contribution in [1.29, 1.82) is 0 Å². The summed E-state index contributed by atoms with van der Waals surface area (Å²) < 4.78 is 0. The third kappa shape index (κ3) is 3.78. The highest BCUT2D eigenvalue weighted by Gasteiger charge is 2.34. The van der Waals surface area contributed by atoms with E-state index in [2.05, 4.69) is 11.8 Å². The third-order valence-corrected chi connectivity index (χ3v) is 5.23. The number of hydrogen-bond acceptors (Lipinski definition) is 4. The molecule has 146 valence electrons. The number of fused-ring (bicyclic) bond motifs is 1. The maximum Gasteiger partial charge on any atom is 0.262 e. The molecular weight excluding hydrogens is 368 g/mol. The van der Waals surface area contributed by atoms with Gasteiger partial charge in [0.2, 0.25) is 0 Å². The normalized spacial score (nSPS) is 16.4. The Morgan fingerprint density at radius 1 is 0.966 bits per heavy atom. The van der Waals surface area contributed by atoms with Gasteiger partial charge in [-0.15, -0.1) is 0 Å². The molecule has 4 rings (SSSR count). The number of imide groups is 1. The summed E-state index contributed by atoms with van der Waals surface area (Å²) in [6.45, 7) is 1.13. The first-order valence-electron chi connectivity index (χ1n) is 9.56. The topological polar surface area (TPSA) is 77.9 Å². The fraction of sp³-hybridized carbons (Fsp3) is 0.261. The van der Waals surface area contributed by atoms with Crippen molar-refractivity contribution in [2.45, 2.75) is 18.9 Å². The monoisotopic (exact) mass is 388 g/mol. The van der Waals surface area contributed by atoms with Crippen LogP contribution in [0.5, 0.6) is 0 Å². The van der Waals surface area contributed by atoms with E-state index >= 15 is 0 Å². The molecule has 2 aliphatic rings. The highest BCUT2D eigenvalue weighted by atomic mass is 16.3. The lowest BCUT2D eigenvalue weighted by Gasteiger charge is -2.29. The number of amides is 3. The molecule has 0 bridgehead atoms. The average molecular weight is 388 g/mol. The van der Waals surface area contributed by atoms with Gasteiger partial charge in [-0.05, 0) is 49.2 Å². The van der Waals surface area contributed by atoms with Crippen LogP contribution < -0.4 is 0 Å². The minimum Gasteiger partial charge on any atom is -0.393 e. The molecule has 0 atom stereocenters. The molecule has 2 heterocycles. The Bertz CT molecular complexity index is 990. The highest BCUT2D eigenvalue weighted by Crippen LogP contribution is 2.21. The summed E-state index contributed by atoms with van der Waals surface area (Å²) in [4.78, 5) is 40.0. The first-order chi connectivity index (χ1) is 14.0. The van der Waals surface area contributed by atoms with E-state index in [1.165, 1.54) is 0 Å². The van der Waals surface area contributed by atoms with Gasteiger partial charge in [-0.3, -0.25) is 19.3 Å². The van der Waals surface area contributed by atoms with E-state index in [9.17, 15) is 19.5 Å². The Labute approximate surface area is 168 Å². The van der Waals surface area contributed by atoms with Crippen LogP contribution >= 0.6 is 0 Å². The number of piperidine rings is 1. The van der Waals surface area contributed by atoms with Gasteiger partial charge < -0.3 is 10.0 Å². The molecule has 6 nitrogen and oxygen atoms in total. The third-order valence-electron chi connectivity index (χ3n) is 5.23. The molecule has 0 aliphatic carbocycles. The first kappa shape index (κ1) is 18.9. The second kappa shape index (κ2) is 7.90. The number of likely N-dealkylation sites (tertiary alicyclic amines) is 1. The number of rotatable bonds is 2. The van der Waals surface area contributed by atoms with Gasteiger partial charge >= 0.3 is 0 Å². The van der Waals surface area contributed by atoms with Crippen molar-refractivity contribution in [3.05, 3.63) is 70.8 Å². The van der Waals surface area contributed by atoms with Crippen LogP contribution in [0, 0.1) is 11.8 Å². The summed E-state index contributed by atoms with van der Waals surface area (Å²) in [7, 11) is 0. The predicted octanol–water partition coefficient (Wildman–Crippen LogP) is 1.93. The molecule has 0 radical (unpaired) electrons. The number of carbonyl (C=O) groups is 3. The summed E-state index contributed by atoms with van der Waals surface area (Å²) >= 11 is 0. The molecule has 1 N–H and O–H groups in total. The molecular formula is C23H20N2O4. The second-order valence-corrected chi connectivity index (χ2v) is 7.14. The highest BCUT2D eigenvalue weighted by molar-refractivity contribution is 6.21. The van der Waals surface area contributed by atoms with E-state index in [0.29, 0.717) is 48.2 Å². The Balaban J connectivity index is 1.39. The number of aliphatic hydroxyl groups excluding tert-OH is 1. The van der Waals surface area contributed by atoms with Gasteiger partial charge in [0, 0.05) is 24.2 Å². The van der Waals surface area contributed by atoms with Crippen molar-refractivity contribution < 1.29 is 19.5 Å². The van der Waals surface area contributed by atoms with Crippen molar-refractivity contribution >= 4 is 17.7 Å². The zero-order valence-corrected chi connectivity index (χ0v) is 15.8. The lowest BCUT2D eigenvalue weighted by atomic mass is 10.1. The first-order valence-corrected chi connectivity index (χ1v) is 9.56. The lowest BCUT2D eigenvalue weighted by Crippen LogP contribution is -2.40. The Kier molecular flexibility index (Phi) is 5.15. The molecule has 0 aromatic heterocycles. The lowest BCUT2D eigenvalue weighted by molar-refractivity contribution is 0.0545. The minimum atomic E-state index is -0.326. The van der Waals surface area contributed by atoms with Crippen molar-refractivity contribution in [2.24, 2.45) is 0 Å². The molecule has 6 heteroatoms. The van der Waals surface area contributed by atoms with E-state index in [0.717, 1.165) is 4.90 Å². The van der Waals surface area contributed by atoms with Crippen molar-refractivity contribution in [1.82, 2.24) is 9.80 Å². The SMILES string of the molecule is O=C(c1ccc(C#CCN2C(=O)c3ccccc3C2=O)cc1)N1CCC(O)CC1.